The number of carbonyl (C=O) groups excluding carboxylic acids is 2. The zero-order valence-electron chi connectivity index (χ0n) is 16.7. The summed E-state index contributed by atoms with van der Waals surface area (Å²) in [7, 11) is 4.08. The normalized spacial score (nSPS) is 23.2. The third kappa shape index (κ3) is 5.06. The van der Waals surface area contributed by atoms with Gasteiger partial charge in [0, 0.05) is 11.3 Å². The molecule has 0 aromatic heterocycles. The van der Waals surface area contributed by atoms with Crippen molar-refractivity contribution in [2.75, 3.05) is 32.9 Å². The first-order valence-corrected chi connectivity index (χ1v) is 11.3. The van der Waals surface area contributed by atoms with E-state index in [-0.39, 0.29) is 17.2 Å². The predicted octanol–water partition coefficient (Wildman–Crippen LogP) is 1.55. The molecule has 2 aliphatic rings. The van der Waals surface area contributed by atoms with Crippen LogP contribution >= 0.6 is 11.8 Å². The Morgan fingerprint density at radius 2 is 2.00 bits per heavy atom. The molecule has 0 unspecified atom stereocenters. The van der Waals surface area contributed by atoms with Crippen LogP contribution < -0.4 is 10.2 Å². The molecule has 1 aromatic carbocycles. The molecular formula is C21H31FN3O2S+. The number of likely N-dealkylation sites (N-methyl/N-ethyl adjacent to an activating group) is 1. The van der Waals surface area contributed by atoms with Gasteiger partial charge in [0.1, 0.15) is 11.9 Å². The number of nitrogens with one attached hydrogen (secondary N) is 2. The number of hydrogen-bond acceptors (Lipinski definition) is 3. The molecule has 1 aromatic rings. The van der Waals surface area contributed by atoms with Crippen molar-refractivity contribution < 1.29 is 18.9 Å². The summed E-state index contributed by atoms with van der Waals surface area (Å²) in [6.07, 6.45) is 5.76. The third-order valence-corrected chi connectivity index (χ3v) is 7.08. The van der Waals surface area contributed by atoms with Gasteiger partial charge in [0.15, 0.2) is 0 Å². The van der Waals surface area contributed by atoms with E-state index < -0.39 is 11.9 Å². The molecule has 0 bridgehead atoms. The summed E-state index contributed by atoms with van der Waals surface area (Å²) in [6, 6.07) is 5.30. The van der Waals surface area contributed by atoms with Crippen LogP contribution in [0, 0.1) is 11.7 Å². The summed E-state index contributed by atoms with van der Waals surface area (Å²) in [5.74, 6) is 0.237. The van der Waals surface area contributed by atoms with E-state index in [1.54, 1.807) is 28.8 Å². The van der Waals surface area contributed by atoms with Gasteiger partial charge in [-0.05, 0) is 37.0 Å². The van der Waals surface area contributed by atoms with E-state index in [1.165, 1.54) is 36.3 Å². The van der Waals surface area contributed by atoms with Gasteiger partial charge in [0.05, 0.1) is 32.6 Å². The second-order valence-corrected chi connectivity index (χ2v) is 9.26. The second-order valence-electron chi connectivity index (χ2n) is 8.11. The van der Waals surface area contributed by atoms with Crippen LogP contribution in [0.5, 0.6) is 0 Å². The highest BCUT2D eigenvalue weighted by Gasteiger charge is 2.45. The van der Waals surface area contributed by atoms with Crippen LogP contribution in [-0.2, 0) is 4.79 Å². The average molecular weight is 409 g/mol. The van der Waals surface area contributed by atoms with Gasteiger partial charge in [-0.1, -0.05) is 25.3 Å². The van der Waals surface area contributed by atoms with E-state index in [9.17, 15) is 14.0 Å². The lowest BCUT2D eigenvalue weighted by atomic mass is 9.88. The van der Waals surface area contributed by atoms with E-state index in [0.717, 1.165) is 19.4 Å². The summed E-state index contributed by atoms with van der Waals surface area (Å²) in [5.41, 5.74) is 0.318. The molecule has 5 nitrogen and oxygen atoms in total. The van der Waals surface area contributed by atoms with Gasteiger partial charge in [0.25, 0.3) is 5.91 Å². The summed E-state index contributed by atoms with van der Waals surface area (Å²) >= 11 is 1.71. The molecule has 2 fully saturated rings. The monoisotopic (exact) mass is 408 g/mol. The molecule has 1 saturated carbocycles. The van der Waals surface area contributed by atoms with Crippen molar-refractivity contribution in [2.45, 2.75) is 43.5 Å². The number of nitrogens with zero attached hydrogens (tertiary/aromatic N) is 1. The summed E-state index contributed by atoms with van der Waals surface area (Å²) in [5, 5.41) is 2.98. The summed E-state index contributed by atoms with van der Waals surface area (Å²) < 4.78 is 13.7. The second kappa shape index (κ2) is 9.74. The maximum Gasteiger partial charge on any atom is 0.255 e. The SMILES string of the molecule is C[NH+](C)CCNC(=O)[C@H]1CS[C@@H](C2CCCCC2)N1C(=O)c1cccc(F)c1. The van der Waals surface area contributed by atoms with Gasteiger partial charge in [-0.15, -0.1) is 11.8 Å². The maximum absolute atomic E-state index is 13.7. The molecule has 154 valence electrons. The van der Waals surface area contributed by atoms with E-state index in [2.05, 4.69) is 5.32 Å². The van der Waals surface area contributed by atoms with Crippen molar-refractivity contribution in [3.05, 3.63) is 35.6 Å². The molecule has 3 rings (SSSR count). The molecule has 1 heterocycles. The Labute approximate surface area is 171 Å². The summed E-state index contributed by atoms with van der Waals surface area (Å²) in [6.45, 7) is 1.41. The standard InChI is InChI=1S/C21H30FN3O2S/c1-24(2)12-11-23-19(26)18-14-28-21(15-7-4-3-5-8-15)25(18)20(27)16-9-6-10-17(22)13-16/h6,9-10,13,15,18,21H,3-5,7-8,11-12,14H2,1-2H3,(H,23,26)/p+1/t18-,21+/m1/s1. The molecule has 2 atom stereocenters. The minimum atomic E-state index is -0.496. The number of quaternary nitrogens is 1. The average Bonchev–Trinajstić information content (AvgIpc) is 3.13. The van der Waals surface area contributed by atoms with E-state index in [0.29, 0.717) is 23.8 Å². The quantitative estimate of drug-likeness (QED) is 0.751. The van der Waals surface area contributed by atoms with Crippen LogP contribution in [0.2, 0.25) is 0 Å². The number of carbonyl (C=O) groups is 2. The zero-order chi connectivity index (χ0) is 20.1. The minimum absolute atomic E-state index is 0.00806. The Bertz CT molecular complexity index is 694. The fourth-order valence-electron chi connectivity index (χ4n) is 4.09. The Hall–Kier alpha value is -1.60. The third-order valence-electron chi connectivity index (χ3n) is 5.62. The van der Waals surface area contributed by atoms with E-state index >= 15 is 0 Å². The van der Waals surface area contributed by atoms with Crippen molar-refractivity contribution >= 4 is 23.6 Å². The molecular weight excluding hydrogens is 377 g/mol. The number of rotatable bonds is 6. The Balaban J connectivity index is 1.80. The highest BCUT2D eigenvalue weighted by Crippen LogP contribution is 2.41. The number of amides is 2. The largest absolute Gasteiger partial charge is 0.349 e. The van der Waals surface area contributed by atoms with Crippen LogP contribution in [0.25, 0.3) is 0 Å². The number of thioether (sulfide) groups is 1. The topological polar surface area (TPSA) is 53.9 Å². The summed E-state index contributed by atoms with van der Waals surface area (Å²) in [4.78, 5) is 29.2. The molecule has 2 amide bonds. The van der Waals surface area contributed by atoms with Gasteiger partial charge in [-0.25, -0.2) is 4.39 Å². The Morgan fingerprint density at radius 3 is 2.68 bits per heavy atom. The van der Waals surface area contributed by atoms with Gasteiger partial charge in [-0.2, -0.15) is 0 Å². The van der Waals surface area contributed by atoms with Crippen LogP contribution in [0.4, 0.5) is 4.39 Å². The molecule has 1 saturated heterocycles. The highest BCUT2D eigenvalue weighted by molar-refractivity contribution is 8.00. The molecule has 0 radical (unpaired) electrons. The molecule has 2 N–H and O–H groups in total. The van der Waals surface area contributed by atoms with Crippen molar-refractivity contribution in [3.8, 4) is 0 Å². The van der Waals surface area contributed by atoms with Crippen LogP contribution in [0.1, 0.15) is 42.5 Å². The number of hydrogen-bond donors (Lipinski definition) is 2. The lowest BCUT2D eigenvalue weighted by Gasteiger charge is -2.35. The van der Waals surface area contributed by atoms with Crippen LogP contribution in [-0.4, -0.2) is 61.1 Å². The fraction of sp³-hybridized carbons (Fsp3) is 0.619. The molecule has 28 heavy (non-hydrogen) atoms. The lowest BCUT2D eigenvalue weighted by molar-refractivity contribution is -0.856. The molecule has 0 spiro atoms. The number of benzene rings is 1. The zero-order valence-corrected chi connectivity index (χ0v) is 17.6. The predicted molar refractivity (Wildman–Crippen MR) is 110 cm³/mol. The maximum atomic E-state index is 13.7. The molecule has 1 aliphatic carbocycles. The van der Waals surface area contributed by atoms with Crippen LogP contribution in [0.15, 0.2) is 24.3 Å². The van der Waals surface area contributed by atoms with Gasteiger partial charge in [-0.3, -0.25) is 9.59 Å². The Kier molecular flexibility index (Phi) is 7.35. The Morgan fingerprint density at radius 1 is 1.25 bits per heavy atom. The van der Waals surface area contributed by atoms with Crippen LogP contribution in [0.3, 0.4) is 0 Å². The van der Waals surface area contributed by atoms with Crippen molar-refractivity contribution in [3.63, 3.8) is 0 Å². The fourth-order valence-corrected chi connectivity index (χ4v) is 5.73. The highest BCUT2D eigenvalue weighted by atomic mass is 32.2. The van der Waals surface area contributed by atoms with Gasteiger partial charge >= 0.3 is 0 Å². The molecule has 7 heteroatoms. The van der Waals surface area contributed by atoms with E-state index in [4.69, 9.17) is 0 Å². The van der Waals surface area contributed by atoms with Crippen molar-refractivity contribution in [1.29, 1.82) is 0 Å². The van der Waals surface area contributed by atoms with Crippen molar-refractivity contribution in [1.82, 2.24) is 10.2 Å². The van der Waals surface area contributed by atoms with E-state index in [1.807, 2.05) is 14.1 Å². The van der Waals surface area contributed by atoms with Gasteiger partial charge < -0.3 is 15.1 Å². The molecule has 1 aliphatic heterocycles. The minimum Gasteiger partial charge on any atom is -0.349 e. The first-order chi connectivity index (χ1) is 13.5. The van der Waals surface area contributed by atoms with Crippen molar-refractivity contribution in [2.24, 2.45) is 5.92 Å². The number of halogens is 1. The first kappa shape index (κ1) is 21.1. The first-order valence-electron chi connectivity index (χ1n) is 10.2. The lowest BCUT2D eigenvalue weighted by Crippen LogP contribution is -3.06. The smallest absolute Gasteiger partial charge is 0.255 e. The van der Waals surface area contributed by atoms with Gasteiger partial charge in [0.2, 0.25) is 5.91 Å².